The lowest BCUT2D eigenvalue weighted by Crippen LogP contribution is -2.35. The van der Waals surface area contributed by atoms with Crippen LogP contribution in [0.4, 0.5) is 0 Å². The molecule has 124 valence electrons. The lowest BCUT2D eigenvalue weighted by molar-refractivity contribution is -0.132. The van der Waals surface area contributed by atoms with E-state index in [1.165, 1.54) is 0 Å². The highest BCUT2D eigenvalue weighted by Crippen LogP contribution is 2.29. The Morgan fingerprint density at radius 3 is 2.30 bits per heavy atom. The number of nitrogens with one attached hydrogen (secondary N) is 1. The molecule has 0 heterocycles. The number of hydrogen-bond donors (Lipinski definition) is 1. The summed E-state index contributed by atoms with van der Waals surface area (Å²) in [5.41, 5.74) is 1.01. The molecule has 5 nitrogen and oxygen atoms in total. The largest absolute Gasteiger partial charge is 0.490 e. The van der Waals surface area contributed by atoms with Gasteiger partial charge in [0.05, 0.1) is 13.2 Å². The van der Waals surface area contributed by atoms with E-state index in [2.05, 4.69) is 0 Å². The van der Waals surface area contributed by atoms with Gasteiger partial charge in [0, 0.05) is 25.0 Å². The minimum absolute atomic E-state index is 0.123. The zero-order valence-electron chi connectivity index (χ0n) is 13.7. The van der Waals surface area contributed by atoms with Crippen molar-refractivity contribution in [2.75, 3.05) is 13.2 Å². The van der Waals surface area contributed by atoms with E-state index in [1.54, 1.807) is 0 Å². The van der Waals surface area contributed by atoms with Gasteiger partial charge in [-0.15, -0.1) is 0 Å². The molecule has 0 aliphatic heterocycles. The van der Waals surface area contributed by atoms with Crippen LogP contribution in [0, 0.1) is 11.3 Å². The molecule has 0 amide bonds. The highest BCUT2D eigenvalue weighted by molar-refractivity contribution is 6.21. The van der Waals surface area contributed by atoms with Gasteiger partial charge in [-0.05, 0) is 38.0 Å². The fourth-order valence-electron chi connectivity index (χ4n) is 2.82. The van der Waals surface area contributed by atoms with Crippen LogP contribution in [-0.2, 0) is 16.0 Å². The topological polar surface area (TPSA) is 76.5 Å². The van der Waals surface area contributed by atoms with Crippen LogP contribution < -0.4 is 9.47 Å². The standard InChI is InChI=1S/C18H23NO4/c1-3-22-16-9-8-12(11-17(16)23-4-2)10-13(19)18-14(20)6-5-7-15(18)21/h8-9,11,18-19H,3-7,10H2,1-2H3. The molecular weight excluding hydrogens is 294 g/mol. The van der Waals surface area contributed by atoms with Gasteiger partial charge in [-0.3, -0.25) is 9.59 Å². The van der Waals surface area contributed by atoms with E-state index in [1.807, 2.05) is 32.0 Å². The van der Waals surface area contributed by atoms with E-state index in [0.29, 0.717) is 44.0 Å². The number of Topliss-reactive ketones (excluding diaryl/α,β-unsaturated/α-hetero) is 2. The van der Waals surface area contributed by atoms with Crippen LogP contribution in [0.3, 0.4) is 0 Å². The Bertz CT molecular complexity index is 593. The summed E-state index contributed by atoms with van der Waals surface area (Å²) < 4.78 is 11.1. The van der Waals surface area contributed by atoms with Gasteiger partial charge in [-0.1, -0.05) is 6.07 Å². The molecule has 2 rings (SSSR count). The highest BCUT2D eigenvalue weighted by Gasteiger charge is 2.33. The Kier molecular flexibility index (Phi) is 5.90. The molecule has 23 heavy (non-hydrogen) atoms. The van der Waals surface area contributed by atoms with Gasteiger partial charge in [0.2, 0.25) is 0 Å². The summed E-state index contributed by atoms with van der Waals surface area (Å²) in [4.78, 5) is 23.9. The number of hydrogen-bond acceptors (Lipinski definition) is 5. The van der Waals surface area contributed by atoms with Crippen molar-refractivity contribution >= 4 is 17.3 Å². The zero-order chi connectivity index (χ0) is 16.8. The lowest BCUT2D eigenvalue weighted by atomic mass is 9.81. The summed E-state index contributed by atoms with van der Waals surface area (Å²) in [5, 5.41) is 8.17. The van der Waals surface area contributed by atoms with Gasteiger partial charge in [-0.2, -0.15) is 0 Å². The third kappa shape index (κ3) is 4.18. The second-order valence-corrected chi connectivity index (χ2v) is 5.57. The number of rotatable bonds is 7. The van der Waals surface area contributed by atoms with Crippen molar-refractivity contribution in [3.63, 3.8) is 0 Å². The number of carbonyl (C=O) groups is 2. The van der Waals surface area contributed by atoms with Crippen LogP contribution in [0.5, 0.6) is 11.5 Å². The average Bonchev–Trinajstić information content (AvgIpc) is 2.50. The van der Waals surface area contributed by atoms with E-state index in [9.17, 15) is 9.59 Å². The van der Waals surface area contributed by atoms with Crippen molar-refractivity contribution < 1.29 is 19.1 Å². The first-order valence-corrected chi connectivity index (χ1v) is 8.08. The minimum atomic E-state index is -0.856. The molecule has 1 fully saturated rings. The molecule has 0 bridgehead atoms. The molecule has 1 aromatic rings. The van der Waals surface area contributed by atoms with E-state index in [0.717, 1.165) is 5.56 Å². The molecule has 0 atom stereocenters. The molecule has 5 heteroatoms. The Labute approximate surface area is 136 Å². The van der Waals surface area contributed by atoms with Gasteiger partial charge in [0.25, 0.3) is 0 Å². The Balaban J connectivity index is 2.15. The zero-order valence-corrected chi connectivity index (χ0v) is 13.7. The summed E-state index contributed by atoms with van der Waals surface area (Å²) in [6.45, 7) is 4.85. The van der Waals surface area contributed by atoms with Crippen molar-refractivity contribution in [1.29, 1.82) is 5.41 Å². The average molecular weight is 317 g/mol. The molecular formula is C18H23NO4. The maximum atomic E-state index is 11.9. The van der Waals surface area contributed by atoms with E-state index < -0.39 is 5.92 Å². The molecule has 0 aromatic heterocycles. The molecule has 1 aromatic carbocycles. The monoisotopic (exact) mass is 317 g/mol. The molecule has 0 saturated heterocycles. The summed E-state index contributed by atoms with van der Waals surface area (Å²) in [6, 6.07) is 5.47. The Morgan fingerprint density at radius 1 is 1.09 bits per heavy atom. The summed E-state index contributed by atoms with van der Waals surface area (Å²) >= 11 is 0. The molecule has 0 unspecified atom stereocenters. The molecule has 1 aliphatic carbocycles. The molecule has 1 N–H and O–H groups in total. The predicted molar refractivity (Wildman–Crippen MR) is 87.6 cm³/mol. The first kappa shape index (κ1) is 17.2. The number of benzene rings is 1. The molecule has 0 spiro atoms. The van der Waals surface area contributed by atoms with Crippen molar-refractivity contribution in [3.05, 3.63) is 23.8 Å². The predicted octanol–water partition coefficient (Wildman–Crippen LogP) is 2.98. The Morgan fingerprint density at radius 2 is 1.70 bits per heavy atom. The lowest BCUT2D eigenvalue weighted by Gasteiger charge is -2.20. The van der Waals surface area contributed by atoms with Crippen LogP contribution in [0.25, 0.3) is 0 Å². The van der Waals surface area contributed by atoms with Gasteiger partial charge >= 0.3 is 0 Å². The highest BCUT2D eigenvalue weighted by atomic mass is 16.5. The van der Waals surface area contributed by atoms with E-state index in [-0.39, 0.29) is 23.7 Å². The second-order valence-electron chi connectivity index (χ2n) is 5.57. The van der Waals surface area contributed by atoms with Crippen LogP contribution in [0.2, 0.25) is 0 Å². The second kappa shape index (κ2) is 7.90. The minimum Gasteiger partial charge on any atom is -0.490 e. The van der Waals surface area contributed by atoms with Crippen molar-refractivity contribution in [3.8, 4) is 11.5 Å². The van der Waals surface area contributed by atoms with Gasteiger partial charge in [-0.25, -0.2) is 0 Å². The third-order valence-corrected chi connectivity index (χ3v) is 3.84. The molecule has 1 aliphatic rings. The summed E-state index contributed by atoms with van der Waals surface area (Å²) in [5.74, 6) is 0.186. The van der Waals surface area contributed by atoms with Gasteiger partial charge in [0.15, 0.2) is 11.5 Å². The number of ketones is 2. The molecule has 0 radical (unpaired) electrons. The Hall–Kier alpha value is -2.17. The van der Waals surface area contributed by atoms with Crippen LogP contribution in [0.1, 0.15) is 38.7 Å². The van der Waals surface area contributed by atoms with Gasteiger partial charge in [0.1, 0.15) is 17.5 Å². The number of carbonyl (C=O) groups excluding carboxylic acids is 2. The van der Waals surface area contributed by atoms with Crippen LogP contribution in [0.15, 0.2) is 18.2 Å². The van der Waals surface area contributed by atoms with E-state index >= 15 is 0 Å². The first-order valence-electron chi connectivity index (χ1n) is 8.08. The van der Waals surface area contributed by atoms with E-state index in [4.69, 9.17) is 14.9 Å². The fourth-order valence-corrected chi connectivity index (χ4v) is 2.82. The summed E-state index contributed by atoms with van der Waals surface area (Å²) in [7, 11) is 0. The van der Waals surface area contributed by atoms with Crippen molar-refractivity contribution in [1.82, 2.24) is 0 Å². The summed E-state index contributed by atoms with van der Waals surface area (Å²) in [6.07, 6.45) is 1.67. The fraction of sp³-hybridized carbons (Fsp3) is 0.500. The number of ether oxygens (including phenoxy) is 2. The maximum Gasteiger partial charge on any atom is 0.161 e. The van der Waals surface area contributed by atoms with Crippen molar-refractivity contribution in [2.24, 2.45) is 5.92 Å². The molecule has 1 saturated carbocycles. The normalized spacial score (nSPS) is 15.6. The SMILES string of the molecule is CCOc1ccc(CC(=N)C2C(=O)CCCC2=O)cc1OCC. The maximum absolute atomic E-state index is 11.9. The van der Waals surface area contributed by atoms with Gasteiger partial charge < -0.3 is 14.9 Å². The van der Waals surface area contributed by atoms with Crippen LogP contribution >= 0.6 is 0 Å². The van der Waals surface area contributed by atoms with Crippen LogP contribution in [-0.4, -0.2) is 30.5 Å². The smallest absolute Gasteiger partial charge is 0.161 e. The quantitative estimate of drug-likeness (QED) is 0.619. The van der Waals surface area contributed by atoms with Crippen molar-refractivity contribution in [2.45, 2.75) is 39.5 Å². The first-order chi connectivity index (χ1) is 11.1. The third-order valence-electron chi connectivity index (χ3n) is 3.84.